The molecule has 1 aliphatic rings. The maximum atomic E-state index is 11.9. The number of rotatable bonds is 5. The first kappa shape index (κ1) is 18.8. The molecular weight excluding hydrogens is 394 g/mol. The minimum absolute atomic E-state index is 0.000213. The monoisotopic (exact) mass is 413 g/mol. The van der Waals surface area contributed by atoms with Crippen LogP contribution in [0.1, 0.15) is 25.7 Å². The summed E-state index contributed by atoms with van der Waals surface area (Å²) in [7, 11) is 0. The summed E-state index contributed by atoms with van der Waals surface area (Å²) in [6, 6.07) is 7.62. The van der Waals surface area contributed by atoms with Gasteiger partial charge in [-0.1, -0.05) is 22.4 Å². The topological polar surface area (TPSA) is 78.5 Å². The van der Waals surface area contributed by atoms with Crippen LogP contribution in [0, 0.1) is 0 Å². The van der Waals surface area contributed by atoms with E-state index in [0.29, 0.717) is 13.0 Å². The van der Waals surface area contributed by atoms with Crippen LogP contribution in [-0.4, -0.2) is 41.5 Å². The lowest BCUT2D eigenvalue weighted by molar-refractivity contribution is -0.136. The third-order valence-corrected chi connectivity index (χ3v) is 5.07. The molecular formula is C16H20BrN3O3S. The van der Waals surface area contributed by atoms with E-state index in [2.05, 4.69) is 26.8 Å². The quantitative estimate of drug-likeness (QED) is 0.572. The maximum absolute atomic E-state index is 11.9. The zero-order chi connectivity index (χ0) is 17.4. The Morgan fingerprint density at radius 1 is 1.08 bits per heavy atom. The summed E-state index contributed by atoms with van der Waals surface area (Å²) >= 11 is 4.73. The SMILES string of the molecule is O=C(CSc1ccc(Br)cc1)NNC(=O)CN1CCCCCC1=O. The highest BCUT2D eigenvalue weighted by atomic mass is 79.9. The average Bonchev–Trinajstić information content (AvgIpc) is 2.77. The fourth-order valence-electron chi connectivity index (χ4n) is 2.27. The first-order chi connectivity index (χ1) is 11.5. The van der Waals surface area contributed by atoms with Gasteiger partial charge in [0, 0.05) is 22.3 Å². The predicted molar refractivity (Wildman–Crippen MR) is 96.2 cm³/mol. The molecule has 0 unspecified atom stereocenters. The Bertz CT molecular complexity index is 595. The molecule has 0 radical (unpaired) electrons. The summed E-state index contributed by atoms with van der Waals surface area (Å²) in [5, 5.41) is 0. The zero-order valence-electron chi connectivity index (χ0n) is 13.2. The van der Waals surface area contributed by atoms with Gasteiger partial charge in [0.05, 0.1) is 5.75 Å². The highest BCUT2D eigenvalue weighted by molar-refractivity contribution is 9.10. The summed E-state index contributed by atoms with van der Waals surface area (Å²) in [6.45, 7) is 0.582. The van der Waals surface area contributed by atoms with Crippen molar-refractivity contribution in [3.8, 4) is 0 Å². The zero-order valence-corrected chi connectivity index (χ0v) is 15.6. The molecule has 130 valence electrons. The van der Waals surface area contributed by atoms with Crippen molar-refractivity contribution in [2.75, 3.05) is 18.8 Å². The molecule has 0 atom stereocenters. The Labute approximate surface area is 153 Å². The normalized spacial score (nSPS) is 14.9. The highest BCUT2D eigenvalue weighted by Gasteiger charge is 2.19. The van der Waals surface area contributed by atoms with E-state index in [9.17, 15) is 14.4 Å². The second-order valence-electron chi connectivity index (χ2n) is 5.46. The highest BCUT2D eigenvalue weighted by Crippen LogP contribution is 2.20. The van der Waals surface area contributed by atoms with E-state index in [-0.39, 0.29) is 30.0 Å². The largest absolute Gasteiger partial charge is 0.333 e. The van der Waals surface area contributed by atoms with E-state index in [1.54, 1.807) is 4.90 Å². The van der Waals surface area contributed by atoms with Crippen molar-refractivity contribution in [2.45, 2.75) is 30.6 Å². The number of nitrogens with one attached hydrogen (secondary N) is 2. The van der Waals surface area contributed by atoms with Gasteiger partial charge in [-0.15, -0.1) is 11.8 Å². The number of halogens is 1. The minimum Gasteiger partial charge on any atom is -0.333 e. The summed E-state index contributed by atoms with van der Waals surface area (Å²) in [5.41, 5.74) is 4.74. The van der Waals surface area contributed by atoms with E-state index in [0.717, 1.165) is 28.6 Å². The average molecular weight is 414 g/mol. The van der Waals surface area contributed by atoms with E-state index < -0.39 is 0 Å². The van der Waals surface area contributed by atoms with Gasteiger partial charge in [0.2, 0.25) is 11.8 Å². The van der Waals surface area contributed by atoms with E-state index in [4.69, 9.17) is 0 Å². The Morgan fingerprint density at radius 3 is 2.54 bits per heavy atom. The van der Waals surface area contributed by atoms with E-state index >= 15 is 0 Å². The van der Waals surface area contributed by atoms with Crippen molar-refractivity contribution in [2.24, 2.45) is 0 Å². The number of hydrazine groups is 1. The van der Waals surface area contributed by atoms with Crippen LogP contribution in [0.5, 0.6) is 0 Å². The number of thioether (sulfide) groups is 1. The van der Waals surface area contributed by atoms with Gasteiger partial charge in [-0.3, -0.25) is 25.2 Å². The van der Waals surface area contributed by atoms with E-state index in [1.165, 1.54) is 11.8 Å². The first-order valence-electron chi connectivity index (χ1n) is 7.78. The molecule has 1 fully saturated rings. The van der Waals surface area contributed by atoms with Gasteiger partial charge in [-0.2, -0.15) is 0 Å². The van der Waals surface area contributed by atoms with Crippen molar-refractivity contribution < 1.29 is 14.4 Å². The molecule has 1 aromatic rings. The van der Waals surface area contributed by atoms with Crippen LogP contribution in [0.3, 0.4) is 0 Å². The molecule has 1 saturated heterocycles. The van der Waals surface area contributed by atoms with Crippen LogP contribution in [0.25, 0.3) is 0 Å². The third-order valence-electron chi connectivity index (χ3n) is 3.53. The van der Waals surface area contributed by atoms with Gasteiger partial charge in [-0.25, -0.2) is 0 Å². The number of likely N-dealkylation sites (tertiary alicyclic amines) is 1. The van der Waals surface area contributed by atoms with Crippen molar-refractivity contribution in [1.82, 2.24) is 15.8 Å². The van der Waals surface area contributed by atoms with Gasteiger partial charge in [0.15, 0.2) is 0 Å². The van der Waals surface area contributed by atoms with Gasteiger partial charge >= 0.3 is 0 Å². The number of carbonyl (C=O) groups is 3. The Morgan fingerprint density at radius 2 is 1.79 bits per heavy atom. The smallest absolute Gasteiger partial charge is 0.257 e. The lowest BCUT2D eigenvalue weighted by Crippen LogP contribution is -2.48. The molecule has 0 spiro atoms. The lowest BCUT2D eigenvalue weighted by atomic mass is 10.2. The number of carbonyl (C=O) groups excluding carboxylic acids is 3. The maximum Gasteiger partial charge on any atom is 0.257 e. The second-order valence-corrected chi connectivity index (χ2v) is 7.43. The molecule has 0 bridgehead atoms. The Hall–Kier alpha value is -1.54. The van der Waals surface area contributed by atoms with Gasteiger partial charge in [0.25, 0.3) is 5.91 Å². The van der Waals surface area contributed by atoms with Crippen molar-refractivity contribution in [3.05, 3.63) is 28.7 Å². The number of amides is 3. The Balaban J connectivity index is 1.67. The van der Waals surface area contributed by atoms with Crippen molar-refractivity contribution in [3.63, 3.8) is 0 Å². The fraction of sp³-hybridized carbons (Fsp3) is 0.438. The van der Waals surface area contributed by atoms with E-state index in [1.807, 2.05) is 24.3 Å². The first-order valence-corrected chi connectivity index (χ1v) is 9.56. The number of nitrogens with zero attached hydrogens (tertiary/aromatic N) is 1. The van der Waals surface area contributed by atoms with Crippen LogP contribution in [0.4, 0.5) is 0 Å². The molecule has 0 aliphatic carbocycles. The van der Waals surface area contributed by atoms with Crippen molar-refractivity contribution in [1.29, 1.82) is 0 Å². The molecule has 0 saturated carbocycles. The van der Waals surface area contributed by atoms with Crippen LogP contribution >= 0.6 is 27.7 Å². The number of hydrogen-bond acceptors (Lipinski definition) is 4. The van der Waals surface area contributed by atoms with Gasteiger partial charge in [0.1, 0.15) is 6.54 Å². The van der Waals surface area contributed by atoms with Gasteiger partial charge in [-0.05, 0) is 37.1 Å². The fourth-order valence-corrected chi connectivity index (χ4v) is 3.24. The molecule has 8 heteroatoms. The minimum atomic E-state index is -0.382. The summed E-state index contributed by atoms with van der Waals surface area (Å²) in [6.07, 6.45) is 3.29. The standard InChI is InChI=1S/C16H20BrN3O3S/c17-12-5-7-13(8-6-12)24-11-15(22)19-18-14(21)10-20-9-3-1-2-4-16(20)23/h5-8H,1-4,9-11H2,(H,18,21)(H,19,22). The summed E-state index contributed by atoms with van der Waals surface area (Å²) in [5.74, 6) is -0.477. The molecule has 1 aliphatic heterocycles. The molecule has 24 heavy (non-hydrogen) atoms. The molecule has 0 aromatic heterocycles. The van der Waals surface area contributed by atoms with Crippen LogP contribution in [0.2, 0.25) is 0 Å². The second kappa shape index (κ2) is 9.68. The van der Waals surface area contributed by atoms with Gasteiger partial charge < -0.3 is 4.90 Å². The third kappa shape index (κ3) is 6.52. The lowest BCUT2D eigenvalue weighted by Gasteiger charge is -2.19. The number of hydrogen-bond donors (Lipinski definition) is 2. The number of benzene rings is 1. The molecule has 2 N–H and O–H groups in total. The summed E-state index contributed by atoms with van der Waals surface area (Å²) < 4.78 is 0.978. The molecule has 3 amide bonds. The van der Waals surface area contributed by atoms with Crippen molar-refractivity contribution >= 4 is 45.4 Å². The molecule has 6 nitrogen and oxygen atoms in total. The summed E-state index contributed by atoms with van der Waals surface area (Å²) in [4.78, 5) is 38.0. The van der Waals surface area contributed by atoms with Crippen LogP contribution in [0.15, 0.2) is 33.6 Å². The van der Waals surface area contributed by atoms with Crippen LogP contribution < -0.4 is 10.9 Å². The molecule has 1 aromatic carbocycles. The molecule has 1 heterocycles. The Kier molecular flexibility index (Phi) is 7.58. The predicted octanol–water partition coefficient (Wildman–Crippen LogP) is 2.09. The van der Waals surface area contributed by atoms with Crippen LogP contribution in [-0.2, 0) is 14.4 Å². The molecule has 2 rings (SSSR count).